The fourth-order valence-electron chi connectivity index (χ4n) is 1.71. The lowest BCUT2D eigenvalue weighted by atomic mass is 10.2. The fourth-order valence-corrected chi connectivity index (χ4v) is 1.71. The van der Waals surface area contributed by atoms with Crippen molar-refractivity contribution in [2.24, 2.45) is 7.05 Å². The average molecular weight is 244 g/mol. The summed E-state index contributed by atoms with van der Waals surface area (Å²) in [6.07, 6.45) is 7.56. The molecule has 1 amide bonds. The number of hydrogen-bond donors (Lipinski definition) is 0. The van der Waals surface area contributed by atoms with E-state index in [1.54, 1.807) is 41.4 Å². The summed E-state index contributed by atoms with van der Waals surface area (Å²) < 4.78 is 1.73. The minimum absolute atomic E-state index is 0.0101. The summed E-state index contributed by atoms with van der Waals surface area (Å²) in [5.74, 6) is -0.0101. The standard InChI is InChI=1S/C13H16N4O/c1-16(8-5-11-3-6-14-7-4-11)13(18)12-9-15-10-17(12)2/h3-4,6-7,9-10H,5,8H2,1-2H3. The summed E-state index contributed by atoms with van der Waals surface area (Å²) in [5.41, 5.74) is 1.78. The van der Waals surface area contributed by atoms with Gasteiger partial charge in [-0.05, 0) is 24.1 Å². The molecule has 2 rings (SSSR count). The molecule has 2 aromatic heterocycles. The molecule has 0 aliphatic rings. The molecule has 0 bridgehead atoms. The normalized spacial score (nSPS) is 10.3. The van der Waals surface area contributed by atoms with Crippen LogP contribution in [0, 0.1) is 0 Å². The van der Waals surface area contributed by atoms with E-state index in [4.69, 9.17) is 0 Å². The first-order chi connectivity index (χ1) is 8.68. The van der Waals surface area contributed by atoms with Gasteiger partial charge in [-0.2, -0.15) is 0 Å². The maximum Gasteiger partial charge on any atom is 0.271 e. The largest absolute Gasteiger partial charge is 0.340 e. The van der Waals surface area contributed by atoms with Gasteiger partial charge in [0.05, 0.1) is 12.5 Å². The molecule has 5 heteroatoms. The van der Waals surface area contributed by atoms with Crippen LogP contribution in [0.25, 0.3) is 0 Å². The van der Waals surface area contributed by atoms with Gasteiger partial charge >= 0.3 is 0 Å². The maximum atomic E-state index is 12.1. The number of aryl methyl sites for hydroxylation is 1. The molecule has 94 valence electrons. The van der Waals surface area contributed by atoms with Crippen LogP contribution >= 0.6 is 0 Å². The van der Waals surface area contributed by atoms with Gasteiger partial charge in [0.25, 0.3) is 5.91 Å². The predicted octanol–water partition coefficient (Wildman–Crippen LogP) is 1.13. The summed E-state index contributed by atoms with van der Waals surface area (Å²) in [7, 11) is 3.62. The van der Waals surface area contributed by atoms with E-state index in [1.165, 1.54) is 5.56 Å². The smallest absolute Gasteiger partial charge is 0.271 e. The summed E-state index contributed by atoms with van der Waals surface area (Å²) in [4.78, 5) is 21.7. The van der Waals surface area contributed by atoms with Gasteiger partial charge in [-0.15, -0.1) is 0 Å². The van der Waals surface area contributed by atoms with Gasteiger partial charge in [0.1, 0.15) is 5.69 Å². The van der Waals surface area contributed by atoms with Crippen molar-refractivity contribution in [1.82, 2.24) is 19.4 Å². The first-order valence-electron chi connectivity index (χ1n) is 5.79. The molecule has 0 N–H and O–H groups in total. The van der Waals surface area contributed by atoms with Gasteiger partial charge in [0.15, 0.2) is 0 Å². The highest BCUT2D eigenvalue weighted by atomic mass is 16.2. The Balaban J connectivity index is 1.95. The minimum atomic E-state index is -0.0101. The van der Waals surface area contributed by atoms with Gasteiger partial charge in [-0.1, -0.05) is 0 Å². The van der Waals surface area contributed by atoms with Gasteiger partial charge in [-0.3, -0.25) is 9.78 Å². The van der Waals surface area contributed by atoms with Crippen molar-refractivity contribution < 1.29 is 4.79 Å². The Kier molecular flexibility index (Phi) is 3.72. The molecule has 5 nitrogen and oxygen atoms in total. The lowest BCUT2D eigenvalue weighted by molar-refractivity contribution is 0.0787. The Morgan fingerprint density at radius 1 is 1.33 bits per heavy atom. The van der Waals surface area contributed by atoms with E-state index in [1.807, 2.05) is 19.2 Å². The number of rotatable bonds is 4. The summed E-state index contributed by atoms with van der Waals surface area (Å²) in [5, 5.41) is 0. The minimum Gasteiger partial charge on any atom is -0.340 e. The SMILES string of the molecule is CN(CCc1ccncc1)C(=O)c1cncn1C. The van der Waals surface area contributed by atoms with Crippen molar-refractivity contribution >= 4 is 5.91 Å². The third-order valence-corrected chi connectivity index (χ3v) is 2.87. The van der Waals surface area contributed by atoms with Crippen LogP contribution in [0.2, 0.25) is 0 Å². The number of likely N-dealkylation sites (N-methyl/N-ethyl adjacent to an activating group) is 1. The Bertz CT molecular complexity index is 521. The molecule has 0 unspecified atom stereocenters. The van der Waals surface area contributed by atoms with E-state index in [-0.39, 0.29) is 5.91 Å². The number of hydrogen-bond acceptors (Lipinski definition) is 3. The molecular weight excluding hydrogens is 228 g/mol. The Hall–Kier alpha value is -2.17. The number of carbonyl (C=O) groups is 1. The van der Waals surface area contributed by atoms with Gasteiger partial charge in [0, 0.05) is 33.0 Å². The molecule has 0 saturated heterocycles. The number of imidazole rings is 1. The molecule has 0 aliphatic heterocycles. The van der Waals surface area contributed by atoms with Gasteiger partial charge in [-0.25, -0.2) is 4.98 Å². The lowest BCUT2D eigenvalue weighted by Gasteiger charge is -2.17. The Morgan fingerprint density at radius 2 is 2.06 bits per heavy atom. The summed E-state index contributed by atoms with van der Waals surface area (Å²) >= 11 is 0. The van der Waals surface area contributed by atoms with E-state index < -0.39 is 0 Å². The summed E-state index contributed by atoms with van der Waals surface area (Å²) in [6.45, 7) is 0.675. The molecule has 18 heavy (non-hydrogen) atoms. The molecule has 0 radical (unpaired) electrons. The topological polar surface area (TPSA) is 51.0 Å². The van der Waals surface area contributed by atoms with Crippen LogP contribution in [0.15, 0.2) is 37.1 Å². The van der Waals surface area contributed by atoms with Crippen molar-refractivity contribution in [3.05, 3.63) is 48.3 Å². The second-order valence-corrected chi connectivity index (χ2v) is 4.22. The number of nitrogens with zero attached hydrogens (tertiary/aromatic N) is 4. The maximum absolute atomic E-state index is 12.1. The van der Waals surface area contributed by atoms with Gasteiger partial charge < -0.3 is 9.47 Å². The van der Waals surface area contributed by atoms with E-state index in [0.717, 1.165) is 6.42 Å². The van der Waals surface area contributed by atoms with E-state index >= 15 is 0 Å². The zero-order valence-electron chi connectivity index (χ0n) is 10.6. The van der Waals surface area contributed by atoms with Crippen LogP contribution in [0.1, 0.15) is 16.1 Å². The molecule has 0 atom stereocenters. The molecule has 0 aliphatic carbocycles. The van der Waals surface area contributed by atoms with Gasteiger partial charge in [0.2, 0.25) is 0 Å². The number of pyridine rings is 1. The van der Waals surface area contributed by atoms with E-state index in [9.17, 15) is 4.79 Å². The molecule has 2 heterocycles. The van der Waals surface area contributed by atoms with Crippen molar-refractivity contribution in [3.63, 3.8) is 0 Å². The van der Waals surface area contributed by atoms with Crippen LogP contribution in [0.3, 0.4) is 0 Å². The third kappa shape index (κ3) is 2.74. The van der Waals surface area contributed by atoms with Crippen LogP contribution < -0.4 is 0 Å². The van der Waals surface area contributed by atoms with Crippen LogP contribution in [0.4, 0.5) is 0 Å². The predicted molar refractivity (Wildman–Crippen MR) is 68.1 cm³/mol. The Morgan fingerprint density at radius 3 is 2.67 bits per heavy atom. The van der Waals surface area contributed by atoms with Crippen molar-refractivity contribution in [2.45, 2.75) is 6.42 Å². The first-order valence-corrected chi connectivity index (χ1v) is 5.79. The monoisotopic (exact) mass is 244 g/mol. The Labute approximate surface area is 106 Å². The number of aromatic nitrogens is 3. The fraction of sp³-hybridized carbons (Fsp3) is 0.308. The second kappa shape index (κ2) is 5.44. The zero-order chi connectivity index (χ0) is 13.0. The van der Waals surface area contributed by atoms with Crippen LogP contribution in [-0.4, -0.2) is 38.9 Å². The molecule has 0 spiro atoms. The first kappa shape index (κ1) is 12.3. The van der Waals surface area contributed by atoms with Crippen molar-refractivity contribution in [1.29, 1.82) is 0 Å². The third-order valence-electron chi connectivity index (χ3n) is 2.87. The molecule has 0 fully saturated rings. The average Bonchev–Trinajstić information content (AvgIpc) is 2.82. The highest BCUT2D eigenvalue weighted by molar-refractivity contribution is 5.92. The highest BCUT2D eigenvalue weighted by Gasteiger charge is 2.14. The molecular formula is C13H16N4O. The second-order valence-electron chi connectivity index (χ2n) is 4.22. The quantitative estimate of drug-likeness (QED) is 0.810. The van der Waals surface area contributed by atoms with Crippen LogP contribution in [0.5, 0.6) is 0 Å². The van der Waals surface area contributed by atoms with E-state index in [0.29, 0.717) is 12.2 Å². The molecule has 0 aromatic carbocycles. The lowest BCUT2D eigenvalue weighted by Crippen LogP contribution is -2.30. The summed E-state index contributed by atoms with van der Waals surface area (Å²) in [6, 6.07) is 3.92. The van der Waals surface area contributed by atoms with Crippen molar-refractivity contribution in [2.75, 3.05) is 13.6 Å². The van der Waals surface area contributed by atoms with Crippen molar-refractivity contribution in [3.8, 4) is 0 Å². The zero-order valence-corrected chi connectivity index (χ0v) is 10.6. The van der Waals surface area contributed by atoms with E-state index in [2.05, 4.69) is 9.97 Å². The number of amides is 1. The number of carbonyl (C=O) groups excluding carboxylic acids is 1. The van der Waals surface area contributed by atoms with Crippen LogP contribution in [-0.2, 0) is 13.5 Å². The molecule has 0 saturated carbocycles. The molecule has 2 aromatic rings. The highest BCUT2D eigenvalue weighted by Crippen LogP contribution is 2.04.